The maximum atomic E-state index is 11.2. The van der Waals surface area contributed by atoms with Gasteiger partial charge in [0.15, 0.2) is 0 Å². The van der Waals surface area contributed by atoms with Crippen LogP contribution in [0.15, 0.2) is 24.3 Å². The van der Waals surface area contributed by atoms with Crippen LogP contribution in [0.1, 0.15) is 13.3 Å². The molecule has 0 unspecified atom stereocenters. The Morgan fingerprint density at radius 3 is 2.33 bits per heavy atom. The second-order valence-corrected chi connectivity index (χ2v) is 6.35. The number of hydrogen-bond donors (Lipinski definition) is 2. The lowest BCUT2D eigenvalue weighted by molar-refractivity contribution is 0.317. The number of benzene rings is 1. The van der Waals surface area contributed by atoms with Crippen LogP contribution in [0, 0.1) is 0 Å². The Labute approximate surface area is 107 Å². The molecule has 100 valence electrons. The van der Waals surface area contributed by atoms with Crippen LogP contribution >= 0.6 is 0 Å². The zero-order chi connectivity index (χ0) is 13.6. The van der Waals surface area contributed by atoms with Gasteiger partial charge in [-0.3, -0.25) is 0 Å². The minimum atomic E-state index is -2.94. The van der Waals surface area contributed by atoms with E-state index in [0.29, 0.717) is 24.2 Å². The van der Waals surface area contributed by atoms with Crippen molar-refractivity contribution in [3.63, 3.8) is 0 Å². The maximum absolute atomic E-state index is 11.2. The molecule has 1 aromatic carbocycles. The second kappa shape index (κ2) is 6.77. The highest BCUT2D eigenvalue weighted by Gasteiger charge is 2.10. The Morgan fingerprint density at radius 2 is 1.83 bits per heavy atom. The normalized spacial score (nSPS) is 11.3. The minimum Gasteiger partial charge on any atom is -0.494 e. The second-order valence-electron chi connectivity index (χ2n) is 3.88. The molecule has 0 aromatic heterocycles. The van der Waals surface area contributed by atoms with Gasteiger partial charge in [0.1, 0.15) is 15.6 Å². The lowest BCUT2D eigenvalue weighted by atomic mass is 9.80. The predicted octanol–water partition coefficient (Wildman–Crippen LogP) is -0.430. The van der Waals surface area contributed by atoms with Gasteiger partial charge in [-0.15, -0.1) is 0 Å². The highest BCUT2D eigenvalue weighted by Crippen LogP contribution is 2.08. The van der Waals surface area contributed by atoms with E-state index in [1.54, 1.807) is 31.2 Å². The molecule has 18 heavy (non-hydrogen) atoms. The number of rotatable bonds is 7. The van der Waals surface area contributed by atoms with E-state index in [9.17, 15) is 8.42 Å². The number of ether oxygens (including phenoxy) is 1. The van der Waals surface area contributed by atoms with Gasteiger partial charge in [0.25, 0.3) is 0 Å². The summed E-state index contributed by atoms with van der Waals surface area (Å²) in [5.74, 6) is 0.848. The van der Waals surface area contributed by atoms with Crippen LogP contribution < -0.4 is 10.2 Å². The van der Waals surface area contributed by atoms with Crippen molar-refractivity contribution in [1.82, 2.24) is 0 Å². The Balaban J connectivity index is 2.36. The third-order valence-corrected chi connectivity index (χ3v) is 4.28. The summed E-state index contributed by atoms with van der Waals surface area (Å²) in [6.07, 6.45) is 0.445. The summed E-state index contributed by atoms with van der Waals surface area (Å²) < 4.78 is 27.8. The van der Waals surface area contributed by atoms with Crippen molar-refractivity contribution in [2.24, 2.45) is 0 Å². The Morgan fingerprint density at radius 1 is 1.22 bits per heavy atom. The Hall–Kier alpha value is -1.05. The molecule has 1 aromatic rings. The summed E-state index contributed by atoms with van der Waals surface area (Å²) in [6.45, 7) is 1.94. The van der Waals surface area contributed by atoms with Gasteiger partial charge < -0.3 is 14.8 Å². The Kier molecular flexibility index (Phi) is 5.65. The molecule has 0 aliphatic heterocycles. The molecule has 0 saturated carbocycles. The third kappa shape index (κ3) is 5.08. The van der Waals surface area contributed by atoms with Crippen molar-refractivity contribution in [3.8, 4) is 5.75 Å². The average Bonchev–Trinajstić information content (AvgIpc) is 2.35. The molecule has 0 heterocycles. The molecule has 0 fully saturated rings. The molecule has 7 heteroatoms. The van der Waals surface area contributed by atoms with Crippen molar-refractivity contribution in [1.29, 1.82) is 0 Å². The van der Waals surface area contributed by atoms with E-state index in [1.807, 2.05) is 0 Å². The first-order valence-corrected chi connectivity index (χ1v) is 7.56. The third-order valence-electron chi connectivity index (χ3n) is 2.49. The van der Waals surface area contributed by atoms with Gasteiger partial charge in [0.2, 0.25) is 0 Å². The molecule has 0 radical (unpaired) electrons. The molecule has 0 atom stereocenters. The van der Waals surface area contributed by atoms with Crippen LogP contribution in [-0.4, -0.2) is 43.7 Å². The molecule has 0 aliphatic carbocycles. The lowest BCUT2D eigenvalue weighted by Crippen LogP contribution is -2.29. The fourth-order valence-corrected chi connectivity index (χ4v) is 2.20. The molecule has 5 nitrogen and oxygen atoms in total. The topological polar surface area (TPSA) is 83.8 Å². The summed E-state index contributed by atoms with van der Waals surface area (Å²) in [5, 5.41) is 17.8. The van der Waals surface area contributed by atoms with E-state index in [0.717, 1.165) is 0 Å². The molecule has 0 spiro atoms. The smallest absolute Gasteiger partial charge is 0.488 e. The van der Waals surface area contributed by atoms with Gasteiger partial charge in [0, 0.05) is 5.75 Å². The van der Waals surface area contributed by atoms with Gasteiger partial charge >= 0.3 is 7.12 Å². The van der Waals surface area contributed by atoms with Gasteiger partial charge in [-0.2, -0.15) is 0 Å². The van der Waals surface area contributed by atoms with Crippen molar-refractivity contribution in [2.45, 2.75) is 13.3 Å². The largest absolute Gasteiger partial charge is 0.494 e. The summed E-state index contributed by atoms with van der Waals surface area (Å²) in [4.78, 5) is 0. The predicted molar refractivity (Wildman–Crippen MR) is 70.7 cm³/mol. The van der Waals surface area contributed by atoms with Crippen molar-refractivity contribution in [2.75, 3.05) is 18.1 Å². The lowest BCUT2D eigenvalue weighted by Gasteiger charge is -2.07. The first-order chi connectivity index (χ1) is 8.44. The molecule has 1 rings (SSSR count). The standard InChI is InChI=1S/C11H17BO5S/c1-2-18(15,16)9-3-8-17-11-6-4-10(5-7-11)12(13)14/h4-7,13-14H,2-3,8-9H2,1H3. The SMILES string of the molecule is CCS(=O)(=O)CCCOc1ccc(B(O)O)cc1. The number of hydrogen-bond acceptors (Lipinski definition) is 5. The molecule has 0 bridgehead atoms. The molecule has 2 N–H and O–H groups in total. The minimum absolute atomic E-state index is 0.122. The summed E-state index contributed by atoms with van der Waals surface area (Å²) in [7, 11) is -4.43. The van der Waals surface area contributed by atoms with Crippen LogP contribution in [0.25, 0.3) is 0 Å². The van der Waals surface area contributed by atoms with Crippen molar-refractivity contribution in [3.05, 3.63) is 24.3 Å². The monoisotopic (exact) mass is 272 g/mol. The summed E-state index contributed by atoms with van der Waals surface area (Å²) in [6, 6.07) is 6.32. The molecular formula is C11H17BO5S. The molecular weight excluding hydrogens is 255 g/mol. The Bertz CT molecular complexity index is 455. The zero-order valence-electron chi connectivity index (χ0n) is 10.2. The van der Waals surface area contributed by atoms with Gasteiger partial charge in [-0.25, -0.2) is 8.42 Å². The summed E-state index contributed by atoms with van der Waals surface area (Å²) in [5.41, 5.74) is 0.385. The maximum Gasteiger partial charge on any atom is 0.488 e. The molecule has 0 saturated heterocycles. The fourth-order valence-electron chi connectivity index (χ4n) is 1.35. The van der Waals surface area contributed by atoms with Crippen LogP contribution in [0.2, 0.25) is 0 Å². The molecule has 0 amide bonds. The van der Waals surface area contributed by atoms with Crippen LogP contribution in [0.4, 0.5) is 0 Å². The summed E-state index contributed by atoms with van der Waals surface area (Å²) >= 11 is 0. The highest BCUT2D eigenvalue weighted by atomic mass is 32.2. The first kappa shape index (κ1) is 15.0. The highest BCUT2D eigenvalue weighted by molar-refractivity contribution is 7.91. The van der Waals surface area contributed by atoms with E-state index in [1.165, 1.54) is 0 Å². The van der Waals surface area contributed by atoms with E-state index in [-0.39, 0.29) is 11.5 Å². The van der Waals surface area contributed by atoms with E-state index in [2.05, 4.69) is 0 Å². The van der Waals surface area contributed by atoms with Crippen LogP contribution in [0.3, 0.4) is 0 Å². The molecule has 0 aliphatic rings. The van der Waals surface area contributed by atoms with Gasteiger partial charge in [-0.05, 0) is 24.0 Å². The van der Waals surface area contributed by atoms with Crippen LogP contribution in [-0.2, 0) is 9.84 Å². The zero-order valence-corrected chi connectivity index (χ0v) is 11.1. The van der Waals surface area contributed by atoms with Crippen molar-refractivity contribution >= 4 is 22.4 Å². The van der Waals surface area contributed by atoms with Gasteiger partial charge in [-0.1, -0.05) is 19.1 Å². The van der Waals surface area contributed by atoms with E-state index in [4.69, 9.17) is 14.8 Å². The first-order valence-electron chi connectivity index (χ1n) is 5.74. The fraction of sp³-hybridized carbons (Fsp3) is 0.455. The number of sulfone groups is 1. The van der Waals surface area contributed by atoms with Crippen molar-refractivity contribution < 1.29 is 23.2 Å². The van der Waals surface area contributed by atoms with E-state index >= 15 is 0 Å². The van der Waals surface area contributed by atoms with Crippen LogP contribution in [0.5, 0.6) is 5.75 Å². The van der Waals surface area contributed by atoms with E-state index < -0.39 is 17.0 Å². The van der Waals surface area contributed by atoms with Gasteiger partial charge in [0.05, 0.1) is 12.4 Å². The quantitative estimate of drug-likeness (QED) is 0.520. The average molecular weight is 272 g/mol.